The van der Waals surface area contributed by atoms with Crippen molar-refractivity contribution in [2.24, 2.45) is 0 Å². The SMILES string of the molecule is CN(C)c1cncc(-c2cnc3[nH]nc(-c4cc5c(-c6ccccn6)ccnc5[nH]4)c3c2)c1. The number of aromatic nitrogens is 7. The molecule has 0 aliphatic rings. The van der Waals surface area contributed by atoms with E-state index in [2.05, 4.69) is 53.3 Å². The van der Waals surface area contributed by atoms with E-state index in [0.29, 0.717) is 0 Å². The maximum Gasteiger partial charge on any atom is 0.155 e. The lowest BCUT2D eigenvalue weighted by Gasteiger charge is -2.12. The van der Waals surface area contributed by atoms with Gasteiger partial charge in [0.05, 0.1) is 23.3 Å². The largest absolute Gasteiger partial charge is 0.376 e. The highest BCUT2D eigenvalue weighted by molar-refractivity contribution is 5.99. The number of nitrogens with zero attached hydrogens (tertiary/aromatic N) is 6. The van der Waals surface area contributed by atoms with E-state index >= 15 is 0 Å². The molecule has 160 valence electrons. The summed E-state index contributed by atoms with van der Waals surface area (Å²) in [5.41, 5.74) is 8.10. The van der Waals surface area contributed by atoms with Gasteiger partial charge in [-0.1, -0.05) is 6.07 Å². The van der Waals surface area contributed by atoms with E-state index in [0.717, 1.165) is 61.5 Å². The Balaban J connectivity index is 1.48. The van der Waals surface area contributed by atoms with Crippen molar-refractivity contribution in [3.05, 3.63) is 73.4 Å². The van der Waals surface area contributed by atoms with E-state index < -0.39 is 0 Å². The molecule has 6 rings (SSSR count). The molecule has 6 aromatic rings. The lowest BCUT2D eigenvalue weighted by atomic mass is 10.1. The van der Waals surface area contributed by atoms with Crippen molar-refractivity contribution in [1.29, 1.82) is 0 Å². The molecule has 33 heavy (non-hydrogen) atoms. The summed E-state index contributed by atoms with van der Waals surface area (Å²) in [5, 5.41) is 9.53. The maximum atomic E-state index is 4.60. The molecular formula is C25H20N8. The van der Waals surface area contributed by atoms with E-state index in [1.807, 2.05) is 61.9 Å². The molecule has 2 N–H and O–H groups in total. The average Bonchev–Trinajstić information content (AvgIpc) is 3.48. The minimum absolute atomic E-state index is 0.724. The van der Waals surface area contributed by atoms with Gasteiger partial charge in [0.1, 0.15) is 11.3 Å². The van der Waals surface area contributed by atoms with Gasteiger partial charge in [-0.15, -0.1) is 0 Å². The Morgan fingerprint density at radius 1 is 0.788 bits per heavy atom. The fourth-order valence-electron chi connectivity index (χ4n) is 4.00. The molecule has 0 radical (unpaired) electrons. The number of hydrogen-bond donors (Lipinski definition) is 2. The van der Waals surface area contributed by atoms with Gasteiger partial charge in [-0.3, -0.25) is 15.1 Å². The average molecular weight is 432 g/mol. The quantitative estimate of drug-likeness (QED) is 0.419. The molecule has 0 aliphatic heterocycles. The second-order valence-corrected chi connectivity index (χ2v) is 8.04. The van der Waals surface area contributed by atoms with Crippen molar-refractivity contribution in [3.63, 3.8) is 0 Å². The van der Waals surface area contributed by atoms with Crippen LogP contribution in [0.3, 0.4) is 0 Å². The molecule has 6 heterocycles. The third-order valence-corrected chi connectivity index (χ3v) is 5.72. The Bertz CT molecular complexity index is 1600. The second-order valence-electron chi connectivity index (χ2n) is 8.04. The highest BCUT2D eigenvalue weighted by Crippen LogP contribution is 2.33. The molecule has 0 saturated heterocycles. The zero-order valence-corrected chi connectivity index (χ0v) is 18.1. The summed E-state index contributed by atoms with van der Waals surface area (Å²) < 4.78 is 0. The van der Waals surface area contributed by atoms with E-state index in [-0.39, 0.29) is 0 Å². The molecule has 0 amide bonds. The summed E-state index contributed by atoms with van der Waals surface area (Å²) >= 11 is 0. The minimum atomic E-state index is 0.724. The van der Waals surface area contributed by atoms with Crippen LogP contribution in [-0.2, 0) is 0 Å². The molecule has 8 nitrogen and oxygen atoms in total. The van der Waals surface area contributed by atoms with Crippen LogP contribution in [-0.4, -0.2) is 49.2 Å². The summed E-state index contributed by atoms with van der Waals surface area (Å²) in [7, 11) is 4.00. The maximum absolute atomic E-state index is 4.60. The number of nitrogens with one attached hydrogen (secondary N) is 2. The molecule has 0 spiro atoms. The highest BCUT2D eigenvalue weighted by Gasteiger charge is 2.16. The Hall–Kier alpha value is -4.59. The van der Waals surface area contributed by atoms with E-state index in [9.17, 15) is 0 Å². The molecule has 0 fully saturated rings. The summed E-state index contributed by atoms with van der Waals surface area (Å²) in [4.78, 5) is 23.5. The van der Waals surface area contributed by atoms with Crippen LogP contribution in [0.15, 0.2) is 73.4 Å². The fourth-order valence-corrected chi connectivity index (χ4v) is 4.00. The van der Waals surface area contributed by atoms with E-state index in [1.165, 1.54) is 0 Å². The molecule has 0 aromatic carbocycles. The third kappa shape index (κ3) is 3.28. The molecule has 8 heteroatoms. The molecule has 0 bridgehead atoms. The van der Waals surface area contributed by atoms with Crippen LogP contribution in [0.25, 0.3) is 55.8 Å². The lowest BCUT2D eigenvalue weighted by molar-refractivity contribution is 1.10. The summed E-state index contributed by atoms with van der Waals surface area (Å²) in [5.74, 6) is 0. The standard InChI is InChI=1S/C25H20N8/c1-33(2)17-9-15(12-26-14-17)16-10-20-23(31-32-25(20)29-13-16)22-11-19-18(6-8-28-24(19)30-22)21-5-3-4-7-27-21/h3-14H,1-2H3,(H,28,30)(H,29,31,32). The van der Waals surface area contributed by atoms with Crippen LogP contribution in [0.1, 0.15) is 0 Å². The Labute approximate surface area is 189 Å². The topological polar surface area (TPSA) is 99.3 Å². The zero-order chi connectivity index (χ0) is 22.4. The van der Waals surface area contributed by atoms with Gasteiger partial charge in [-0.2, -0.15) is 5.10 Å². The molecule has 6 aromatic heterocycles. The predicted octanol–water partition coefficient (Wildman–Crippen LogP) is 4.69. The third-order valence-electron chi connectivity index (χ3n) is 5.72. The number of pyridine rings is 4. The first-order valence-electron chi connectivity index (χ1n) is 10.5. The van der Waals surface area contributed by atoms with Gasteiger partial charge in [0.25, 0.3) is 0 Å². The predicted molar refractivity (Wildman–Crippen MR) is 130 cm³/mol. The van der Waals surface area contributed by atoms with Crippen LogP contribution in [0.5, 0.6) is 0 Å². The monoisotopic (exact) mass is 432 g/mol. The summed E-state index contributed by atoms with van der Waals surface area (Å²) in [6.07, 6.45) is 9.12. The molecule has 0 aliphatic carbocycles. The van der Waals surface area contributed by atoms with Gasteiger partial charge in [0.2, 0.25) is 0 Å². The summed E-state index contributed by atoms with van der Waals surface area (Å²) in [6, 6.07) is 14.1. The van der Waals surface area contributed by atoms with Gasteiger partial charge < -0.3 is 9.88 Å². The van der Waals surface area contributed by atoms with E-state index in [1.54, 1.807) is 12.4 Å². The highest BCUT2D eigenvalue weighted by atomic mass is 15.2. The van der Waals surface area contributed by atoms with Gasteiger partial charge >= 0.3 is 0 Å². The number of fused-ring (bicyclic) bond motifs is 2. The van der Waals surface area contributed by atoms with Crippen molar-refractivity contribution in [2.45, 2.75) is 0 Å². The number of rotatable bonds is 4. The van der Waals surface area contributed by atoms with Crippen LogP contribution >= 0.6 is 0 Å². The van der Waals surface area contributed by atoms with Gasteiger partial charge in [-0.05, 0) is 36.4 Å². The van der Waals surface area contributed by atoms with Crippen LogP contribution in [0, 0.1) is 0 Å². The Morgan fingerprint density at radius 3 is 2.55 bits per heavy atom. The van der Waals surface area contributed by atoms with Crippen molar-refractivity contribution in [2.75, 3.05) is 19.0 Å². The first kappa shape index (κ1) is 19.1. The normalized spacial score (nSPS) is 11.3. The van der Waals surface area contributed by atoms with Gasteiger partial charge in [-0.25, -0.2) is 9.97 Å². The van der Waals surface area contributed by atoms with Gasteiger partial charge in [0.15, 0.2) is 5.65 Å². The number of anilines is 1. The minimum Gasteiger partial charge on any atom is -0.376 e. The Kier molecular flexibility index (Phi) is 4.36. The van der Waals surface area contributed by atoms with Crippen LogP contribution < -0.4 is 4.90 Å². The van der Waals surface area contributed by atoms with Gasteiger partial charge in [0, 0.05) is 66.3 Å². The van der Waals surface area contributed by atoms with Crippen molar-refractivity contribution < 1.29 is 0 Å². The second kappa shape index (κ2) is 7.52. The Morgan fingerprint density at radius 2 is 1.70 bits per heavy atom. The molecular weight excluding hydrogens is 412 g/mol. The van der Waals surface area contributed by atoms with Crippen molar-refractivity contribution >= 4 is 27.8 Å². The van der Waals surface area contributed by atoms with Crippen molar-refractivity contribution in [3.8, 4) is 33.8 Å². The smallest absolute Gasteiger partial charge is 0.155 e. The zero-order valence-electron chi connectivity index (χ0n) is 18.1. The van der Waals surface area contributed by atoms with Crippen molar-refractivity contribution in [1.82, 2.24) is 35.1 Å². The van der Waals surface area contributed by atoms with E-state index in [4.69, 9.17) is 0 Å². The van der Waals surface area contributed by atoms with Crippen LogP contribution in [0.4, 0.5) is 5.69 Å². The van der Waals surface area contributed by atoms with Crippen LogP contribution in [0.2, 0.25) is 0 Å². The fraction of sp³-hybridized carbons (Fsp3) is 0.0800. The number of aromatic amines is 2. The number of H-pyrrole nitrogens is 2. The lowest BCUT2D eigenvalue weighted by Crippen LogP contribution is -2.08. The number of hydrogen-bond acceptors (Lipinski definition) is 6. The molecule has 0 saturated carbocycles. The molecule has 0 unspecified atom stereocenters. The first-order valence-corrected chi connectivity index (χ1v) is 10.5. The molecule has 0 atom stereocenters. The first-order chi connectivity index (χ1) is 16.2. The summed E-state index contributed by atoms with van der Waals surface area (Å²) in [6.45, 7) is 0.